The molecule has 0 aliphatic carbocycles. The number of carbonyl (C=O) groups is 1. The number of nitrogens with one attached hydrogen (secondary N) is 1. The van der Waals surface area contributed by atoms with Gasteiger partial charge in [-0.2, -0.15) is 0 Å². The summed E-state index contributed by atoms with van der Waals surface area (Å²) in [6, 6.07) is 20.4. The molecule has 1 aliphatic rings. The first-order valence-electron chi connectivity index (χ1n) is 10.9. The van der Waals surface area contributed by atoms with Gasteiger partial charge < -0.3 is 5.32 Å². The summed E-state index contributed by atoms with van der Waals surface area (Å²) in [6.07, 6.45) is 4.35. The Morgan fingerprint density at radius 1 is 0.969 bits per heavy atom. The van der Waals surface area contributed by atoms with Gasteiger partial charge in [-0.25, -0.2) is 4.39 Å². The third-order valence-electron chi connectivity index (χ3n) is 5.64. The van der Waals surface area contributed by atoms with E-state index in [4.69, 9.17) is 0 Å². The monoisotopic (exact) mass is 449 g/mol. The van der Waals surface area contributed by atoms with E-state index >= 15 is 0 Å². The molecule has 1 fully saturated rings. The number of piperazine rings is 1. The Labute approximate surface area is 193 Å². The molecule has 1 aliphatic heterocycles. The largest absolute Gasteiger partial charge is 0.343 e. The lowest BCUT2D eigenvalue weighted by Gasteiger charge is -2.34. The molecule has 1 atom stereocenters. The lowest BCUT2D eigenvalue weighted by Crippen LogP contribution is -2.49. The molecular formula is C26H28FN3OS. The van der Waals surface area contributed by atoms with Gasteiger partial charge in [0, 0.05) is 37.6 Å². The number of thiophene rings is 1. The van der Waals surface area contributed by atoms with Gasteiger partial charge in [0.05, 0.1) is 12.6 Å². The fraction of sp³-hybridized carbons (Fsp3) is 0.269. The molecule has 4 nitrogen and oxygen atoms in total. The van der Waals surface area contributed by atoms with Crippen molar-refractivity contribution in [3.63, 3.8) is 0 Å². The quantitative estimate of drug-likeness (QED) is 0.553. The minimum absolute atomic E-state index is 0.00912. The Morgan fingerprint density at radius 3 is 2.38 bits per heavy atom. The Hall–Kier alpha value is -2.80. The molecule has 1 unspecified atom stereocenters. The molecule has 0 saturated carbocycles. The van der Waals surface area contributed by atoms with Crippen molar-refractivity contribution in [3.8, 4) is 0 Å². The van der Waals surface area contributed by atoms with Gasteiger partial charge >= 0.3 is 0 Å². The van der Waals surface area contributed by atoms with E-state index in [2.05, 4.69) is 39.4 Å². The summed E-state index contributed by atoms with van der Waals surface area (Å²) in [5, 5.41) is 5.14. The van der Waals surface area contributed by atoms with Gasteiger partial charge in [0.15, 0.2) is 0 Å². The second-order valence-corrected chi connectivity index (χ2v) is 8.94. The predicted octanol–water partition coefficient (Wildman–Crippen LogP) is 4.42. The van der Waals surface area contributed by atoms with Gasteiger partial charge in [0.2, 0.25) is 5.91 Å². The Bertz CT molecular complexity index is 997. The summed E-state index contributed by atoms with van der Waals surface area (Å²) in [5.41, 5.74) is 2.10. The normalized spacial score (nSPS) is 16.3. The molecule has 6 heteroatoms. The molecular weight excluding hydrogens is 421 g/mol. The zero-order chi connectivity index (χ0) is 22.2. The molecule has 0 bridgehead atoms. The molecule has 4 rings (SSSR count). The molecule has 2 heterocycles. The van der Waals surface area contributed by atoms with Gasteiger partial charge in [-0.1, -0.05) is 60.7 Å². The van der Waals surface area contributed by atoms with Gasteiger partial charge in [0.1, 0.15) is 5.82 Å². The van der Waals surface area contributed by atoms with Crippen molar-refractivity contribution in [3.05, 3.63) is 100 Å². The third-order valence-corrected chi connectivity index (χ3v) is 6.58. The molecule has 166 valence electrons. The second-order valence-electron chi connectivity index (χ2n) is 7.96. The zero-order valence-corrected chi connectivity index (χ0v) is 18.8. The maximum Gasteiger partial charge on any atom is 0.234 e. The topological polar surface area (TPSA) is 35.6 Å². The minimum atomic E-state index is -0.276. The average molecular weight is 450 g/mol. The lowest BCUT2D eigenvalue weighted by molar-refractivity contribution is -0.123. The standard InChI is InChI=1S/C26H28FN3OS/c27-23-12-10-22(11-13-23)26(24-9-5-19-32-24)28-25(31)20-30-17-15-29(16-18-30)14-4-8-21-6-2-1-3-7-21/h1-13,19,26H,14-18,20H2,(H,28,31)/b8-4+. The van der Waals surface area contributed by atoms with E-state index < -0.39 is 0 Å². The van der Waals surface area contributed by atoms with E-state index in [0.717, 1.165) is 43.2 Å². The van der Waals surface area contributed by atoms with E-state index in [9.17, 15) is 9.18 Å². The van der Waals surface area contributed by atoms with Gasteiger partial charge in [0.25, 0.3) is 0 Å². The summed E-state index contributed by atoms with van der Waals surface area (Å²) < 4.78 is 13.4. The molecule has 32 heavy (non-hydrogen) atoms. The predicted molar refractivity (Wildman–Crippen MR) is 129 cm³/mol. The highest BCUT2D eigenvalue weighted by Gasteiger charge is 2.22. The molecule has 1 aromatic heterocycles. The highest BCUT2D eigenvalue weighted by atomic mass is 32.1. The molecule has 0 radical (unpaired) electrons. The Kier molecular flexibility index (Phi) is 7.82. The molecule has 1 amide bonds. The van der Waals surface area contributed by atoms with Crippen molar-refractivity contribution in [2.45, 2.75) is 6.04 Å². The fourth-order valence-electron chi connectivity index (χ4n) is 3.87. The maximum atomic E-state index is 13.4. The van der Waals surface area contributed by atoms with Crippen LogP contribution in [-0.2, 0) is 4.79 Å². The summed E-state index contributed by atoms with van der Waals surface area (Å²) in [7, 11) is 0. The van der Waals surface area contributed by atoms with Crippen LogP contribution in [0, 0.1) is 5.82 Å². The van der Waals surface area contributed by atoms with Gasteiger partial charge in [-0.05, 0) is 34.7 Å². The smallest absolute Gasteiger partial charge is 0.234 e. The molecule has 2 aromatic carbocycles. The van der Waals surface area contributed by atoms with Crippen molar-refractivity contribution in [2.24, 2.45) is 0 Å². The summed E-state index contributed by atoms with van der Waals surface area (Å²) >= 11 is 1.59. The van der Waals surface area contributed by atoms with Crippen molar-refractivity contribution >= 4 is 23.3 Å². The summed E-state index contributed by atoms with van der Waals surface area (Å²) in [5.74, 6) is -0.286. The van der Waals surface area contributed by atoms with Crippen LogP contribution in [0.1, 0.15) is 22.0 Å². The van der Waals surface area contributed by atoms with Crippen LogP contribution in [0.3, 0.4) is 0 Å². The van der Waals surface area contributed by atoms with Crippen LogP contribution in [0.4, 0.5) is 4.39 Å². The number of carbonyl (C=O) groups excluding carboxylic acids is 1. The highest BCUT2D eigenvalue weighted by Crippen LogP contribution is 2.26. The third kappa shape index (κ3) is 6.36. The van der Waals surface area contributed by atoms with E-state index in [1.54, 1.807) is 23.5 Å². The van der Waals surface area contributed by atoms with E-state index in [-0.39, 0.29) is 17.8 Å². The summed E-state index contributed by atoms with van der Waals surface area (Å²) in [4.78, 5) is 18.5. The van der Waals surface area contributed by atoms with Crippen molar-refractivity contribution in [1.29, 1.82) is 0 Å². The Balaban J connectivity index is 1.26. The number of hydrogen-bond donors (Lipinski definition) is 1. The van der Waals surface area contributed by atoms with Crippen LogP contribution in [0.25, 0.3) is 6.08 Å². The van der Waals surface area contributed by atoms with E-state index in [1.165, 1.54) is 17.7 Å². The first-order chi connectivity index (χ1) is 15.7. The number of amides is 1. The van der Waals surface area contributed by atoms with Crippen LogP contribution in [0.15, 0.2) is 78.2 Å². The van der Waals surface area contributed by atoms with Crippen LogP contribution in [0.5, 0.6) is 0 Å². The number of rotatable bonds is 8. The first-order valence-corrected chi connectivity index (χ1v) is 11.8. The summed E-state index contributed by atoms with van der Waals surface area (Å²) in [6.45, 7) is 4.91. The molecule has 0 spiro atoms. The van der Waals surface area contributed by atoms with Crippen molar-refractivity contribution in [2.75, 3.05) is 39.3 Å². The lowest BCUT2D eigenvalue weighted by atomic mass is 10.1. The van der Waals surface area contributed by atoms with Crippen LogP contribution < -0.4 is 5.32 Å². The second kappa shape index (κ2) is 11.2. The number of benzene rings is 2. The number of hydrogen-bond acceptors (Lipinski definition) is 4. The van der Waals surface area contributed by atoms with Crippen LogP contribution in [0.2, 0.25) is 0 Å². The van der Waals surface area contributed by atoms with Crippen LogP contribution >= 0.6 is 11.3 Å². The Morgan fingerprint density at radius 2 is 1.69 bits per heavy atom. The minimum Gasteiger partial charge on any atom is -0.343 e. The maximum absolute atomic E-state index is 13.4. The van der Waals surface area contributed by atoms with E-state index in [0.29, 0.717) is 6.54 Å². The van der Waals surface area contributed by atoms with Crippen LogP contribution in [-0.4, -0.2) is 55.0 Å². The zero-order valence-electron chi connectivity index (χ0n) is 18.0. The highest BCUT2D eigenvalue weighted by molar-refractivity contribution is 7.10. The molecule has 3 aromatic rings. The van der Waals surface area contributed by atoms with Crippen molar-refractivity contribution in [1.82, 2.24) is 15.1 Å². The number of nitrogens with zero attached hydrogens (tertiary/aromatic N) is 2. The fourth-order valence-corrected chi connectivity index (χ4v) is 4.67. The van der Waals surface area contributed by atoms with Gasteiger partial charge in [-0.15, -0.1) is 11.3 Å². The van der Waals surface area contributed by atoms with Crippen molar-refractivity contribution < 1.29 is 9.18 Å². The molecule has 1 saturated heterocycles. The number of halogens is 1. The van der Waals surface area contributed by atoms with E-state index in [1.807, 2.05) is 35.7 Å². The average Bonchev–Trinajstić information content (AvgIpc) is 3.35. The molecule has 1 N–H and O–H groups in total. The first kappa shape index (κ1) is 22.4. The van der Waals surface area contributed by atoms with Gasteiger partial charge in [-0.3, -0.25) is 14.6 Å². The SMILES string of the molecule is O=C(CN1CCN(C/C=C/c2ccccc2)CC1)NC(c1ccc(F)cc1)c1cccs1.